The van der Waals surface area contributed by atoms with Crippen LogP contribution in [-0.4, -0.2) is 23.0 Å². The lowest BCUT2D eigenvalue weighted by Gasteiger charge is -2.48. The van der Waals surface area contributed by atoms with Gasteiger partial charge in [-0.25, -0.2) is 0 Å². The molecule has 0 amide bonds. The van der Waals surface area contributed by atoms with Crippen LogP contribution in [0.3, 0.4) is 0 Å². The second-order valence-electron chi connectivity index (χ2n) is 4.00. The van der Waals surface area contributed by atoms with Gasteiger partial charge < -0.3 is 0 Å². The molecule has 1 heteroatoms. The molecule has 0 aromatic rings. The summed E-state index contributed by atoms with van der Waals surface area (Å²) < 4.78 is 0. The van der Waals surface area contributed by atoms with Crippen molar-refractivity contribution in [2.24, 2.45) is 0 Å². The van der Waals surface area contributed by atoms with Crippen LogP contribution in [0.25, 0.3) is 0 Å². The normalized spacial score (nSPS) is 30.0. The van der Waals surface area contributed by atoms with E-state index < -0.39 is 0 Å². The van der Waals surface area contributed by atoms with Crippen LogP contribution in [0.2, 0.25) is 0 Å². The largest absolute Gasteiger partial charge is 0.296 e. The first-order chi connectivity index (χ1) is 4.02. The summed E-state index contributed by atoms with van der Waals surface area (Å²) in [7, 11) is 0. The molecule has 1 atom stereocenters. The van der Waals surface area contributed by atoms with E-state index >= 15 is 0 Å². The fraction of sp³-hybridized carbons (Fsp3) is 1.00. The minimum Gasteiger partial charge on any atom is -0.296 e. The fourth-order valence-corrected chi connectivity index (χ4v) is 1.51. The van der Waals surface area contributed by atoms with Crippen molar-refractivity contribution in [3.05, 3.63) is 0 Å². The van der Waals surface area contributed by atoms with Crippen molar-refractivity contribution in [2.75, 3.05) is 6.54 Å². The average molecular weight is 127 g/mol. The lowest BCUT2D eigenvalue weighted by atomic mass is 9.95. The van der Waals surface area contributed by atoms with Crippen LogP contribution in [0.5, 0.6) is 0 Å². The molecule has 54 valence electrons. The van der Waals surface area contributed by atoms with Gasteiger partial charge in [-0.05, 0) is 34.1 Å². The molecule has 0 radical (unpaired) electrons. The van der Waals surface area contributed by atoms with Crippen LogP contribution >= 0.6 is 0 Å². The first-order valence-corrected chi connectivity index (χ1v) is 3.78. The van der Waals surface area contributed by atoms with Gasteiger partial charge in [0.15, 0.2) is 0 Å². The molecule has 0 aliphatic carbocycles. The molecule has 0 N–H and O–H groups in total. The monoisotopic (exact) mass is 127 g/mol. The maximum absolute atomic E-state index is 2.53. The Hall–Kier alpha value is -0.0400. The quantitative estimate of drug-likeness (QED) is 0.480. The van der Waals surface area contributed by atoms with E-state index in [1.807, 2.05) is 0 Å². The van der Waals surface area contributed by atoms with Gasteiger partial charge in [0.05, 0.1) is 0 Å². The predicted octanol–water partition coefficient (Wildman–Crippen LogP) is 1.88. The number of hydrogen-bond acceptors (Lipinski definition) is 1. The summed E-state index contributed by atoms with van der Waals surface area (Å²) in [5.74, 6) is 0. The van der Waals surface area contributed by atoms with Crippen molar-refractivity contribution in [1.82, 2.24) is 4.90 Å². The zero-order valence-corrected chi connectivity index (χ0v) is 6.94. The van der Waals surface area contributed by atoms with E-state index in [1.165, 1.54) is 13.0 Å². The summed E-state index contributed by atoms with van der Waals surface area (Å²) in [6.07, 6.45) is 1.39. The first kappa shape index (κ1) is 7.07. The lowest BCUT2D eigenvalue weighted by Crippen LogP contribution is -2.55. The Kier molecular flexibility index (Phi) is 1.55. The Balaban J connectivity index is 2.44. The number of hydrogen-bond donors (Lipinski definition) is 0. The second-order valence-corrected chi connectivity index (χ2v) is 4.00. The highest BCUT2D eigenvalue weighted by molar-refractivity contribution is 4.88. The molecule has 0 bridgehead atoms. The Morgan fingerprint density at radius 1 is 1.33 bits per heavy atom. The highest BCUT2D eigenvalue weighted by Crippen LogP contribution is 2.26. The van der Waals surface area contributed by atoms with Gasteiger partial charge in [-0.15, -0.1) is 0 Å². The molecular weight excluding hydrogens is 110 g/mol. The second kappa shape index (κ2) is 1.98. The van der Waals surface area contributed by atoms with E-state index in [1.54, 1.807) is 0 Å². The molecule has 0 unspecified atom stereocenters. The zero-order chi connectivity index (χ0) is 7.07. The molecule has 1 rings (SSSR count). The third-order valence-electron chi connectivity index (χ3n) is 2.18. The van der Waals surface area contributed by atoms with Crippen LogP contribution in [0.4, 0.5) is 0 Å². The van der Waals surface area contributed by atoms with Gasteiger partial charge in [0.1, 0.15) is 0 Å². The van der Waals surface area contributed by atoms with E-state index in [0.29, 0.717) is 5.54 Å². The minimum atomic E-state index is 0.400. The third kappa shape index (κ3) is 1.26. The van der Waals surface area contributed by atoms with E-state index in [4.69, 9.17) is 0 Å². The SMILES string of the molecule is C[C@@H]1CCN1C(C)(C)C. The van der Waals surface area contributed by atoms with Gasteiger partial charge in [-0.3, -0.25) is 4.90 Å². The van der Waals surface area contributed by atoms with E-state index in [-0.39, 0.29) is 0 Å². The van der Waals surface area contributed by atoms with E-state index in [9.17, 15) is 0 Å². The molecule has 0 saturated carbocycles. The Morgan fingerprint density at radius 2 is 1.89 bits per heavy atom. The van der Waals surface area contributed by atoms with Crippen molar-refractivity contribution in [3.63, 3.8) is 0 Å². The maximum Gasteiger partial charge on any atom is 0.0127 e. The van der Waals surface area contributed by atoms with Crippen LogP contribution < -0.4 is 0 Å². The van der Waals surface area contributed by atoms with Crippen molar-refractivity contribution in [1.29, 1.82) is 0 Å². The Labute approximate surface area is 58.0 Å². The standard InChI is InChI=1S/C8H17N/c1-7-5-6-9(7)8(2,3)4/h7H,5-6H2,1-4H3/t7-/m1/s1. The van der Waals surface area contributed by atoms with Gasteiger partial charge in [-0.1, -0.05) is 0 Å². The van der Waals surface area contributed by atoms with Gasteiger partial charge in [0, 0.05) is 18.1 Å². The van der Waals surface area contributed by atoms with Crippen LogP contribution in [0.1, 0.15) is 34.1 Å². The minimum absolute atomic E-state index is 0.400. The highest BCUT2D eigenvalue weighted by atomic mass is 15.3. The lowest BCUT2D eigenvalue weighted by molar-refractivity contribution is 0.0121. The van der Waals surface area contributed by atoms with Crippen LogP contribution in [-0.2, 0) is 0 Å². The van der Waals surface area contributed by atoms with Crippen LogP contribution in [0, 0.1) is 0 Å². The fourth-order valence-electron chi connectivity index (χ4n) is 1.51. The predicted molar refractivity (Wildman–Crippen MR) is 40.5 cm³/mol. The molecule has 1 nitrogen and oxygen atoms in total. The van der Waals surface area contributed by atoms with Crippen molar-refractivity contribution in [2.45, 2.75) is 45.7 Å². The van der Waals surface area contributed by atoms with Gasteiger partial charge in [0.2, 0.25) is 0 Å². The number of likely N-dealkylation sites (tertiary alicyclic amines) is 1. The molecule has 9 heavy (non-hydrogen) atoms. The summed E-state index contributed by atoms with van der Waals surface area (Å²) in [6.45, 7) is 10.4. The molecular formula is C8H17N. The number of nitrogens with zero attached hydrogens (tertiary/aromatic N) is 1. The van der Waals surface area contributed by atoms with Gasteiger partial charge >= 0.3 is 0 Å². The molecule has 0 spiro atoms. The van der Waals surface area contributed by atoms with E-state index in [0.717, 1.165) is 6.04 Å². The zero-order valence-electron chi connectivity index (χ0n) is 6.94. The molecule has 1 heterocycles. The van der Waals surface area contributed by atoms with Crippen LogP contribution in [0.15, 0.2) is 0 Å². The molecule has 1 fully saturated rings. The first-order valence-electron chi connectivity index (χ1n) is 3.78. The molecule has 0 aromatic carbocycles. The molecule has 1 aliphatic rings. The topological polar surface area (TPSA) is 3.24 Å². The smallest absolute Gasteiger partial charge is 0.0127 e. The summed E-state index contributed by atoms with van der Waals surface area (Å²) in [5.41, 5.74) is 0.400. The number of rotatable bonds is 0. The van der Waals surface area contributed by atoms with Gasteiger partial charge in [0.25, 0.3) is 0 Å². The summed E-state index contributed by atoms with van der Waals surface area (Å²) in [4.78, 5) is 2.53. The summed E-state index contributed by atoms with van der Waals surface area (Å²) in [5, 5.41) is 0. The average Bonchev–Trinajstić information content (AvgIpc) is 1.57. The Bertz CT molecular complexity index is 102. The van der Waals surface area contributed by atoms with Crippen molar-refractivity contribution in [3.8, 4) is 0 Å². The maximum atomic E-state index is 2.53. The molecule has 1 aliphatic heterocycles. The Morgan fingerprint density at radius 3 is 1.89 bits per heavy atom. The molecule has 0 aromatic heterocycles. The third-order valence-corrected chi connectivity index (χ3v) is 2.18. The van der Waals surface area contributed by atoms with Crippen molar-refractivity contribution >= 4 is 0 Å². The summed E-state index contributed by atoms with van der Waals surface area (Å²) >= 11 is 0. The van der Waals surface area contributed by atoms with E-state index in [2.05, 4.69) is 32.6 Å². The molecule has 1 saturated heterocycles. The van der Waals surface area contributed by atoms with Crippen molar-refractivity contribution < 1.29 is 0 Å². The van der Waals surface area contributed by atoms with Gasteiger partial charge in [-0.2, -0.15) is 0 Å². The summed E-state index contributed by atoms with van der Waals surface area (Å²) in [6, 6.07) is 0.824. The highest BCUT2D eigenvalue weighted by Gasteiger charge is 2.32.